The van der Waals surface area contributed by atoms with Gasteiger partial charge in [-0.1, -0.05) is 12.1 Å². The molecule has 3 heteroatoms. The quantitative estimate of drug-likeness (QED) is 0.784. The highest BCUT2D eigenvalue weighted by atomic mass is 16.5. The van der Waals surface area contributed by atoms with Crippen LogP contribution in [-0.4, -0.2) is 37.7 Å². The summed E-state index contributed by atoms with van der Waals surface area (Å²) in [6, 6.07) is 6.76. The average molecular weight is 264 g/mol. The van der Waals surface area contributed by atoms with Gasteiger partial charge in [0.2, 0.25) is 0 Å². The van der Waals surface area contributed by atoms with Gasteiger partial charge < -0.3 is 15.4 Å². The van der Waals surface area contributed by atoms with Crippen molar-refractivity contribution in [1.82, 2.24) is 4.90 Å². The Kier molecular flexibility index (Phi) is 6.89. The van der Waals surface area contributed by atoms with E-state index in [2.05, 4.69) is 44.0 Å². The molecule has 108 valence electrons. The van der Waals surface area contributed by atoms with Gasteiger partial charge in [0.25, 0.3) is 0 Å². The summed E-state index contributed by atoms with van der Waals surface area (Å²) in [6.45, 7) is 9.03. The van der Waals surface area contributed by atoms with Gasteiger partial charge in [-0.05, 0) is 64.4 Å². The normalized spacial score (nSPS) is 12.7. The molecule has 0 heterocycles. The first-order valence-electron chi connectivity index (χ1n) is 7.19. The van der Waals surface area contributed by atoms with E-state index in [0.717, 1.165) is 38.3 Å². The van der Waals surface area contributed by atoms with Crippen molar-refractivity contribution in [3.05, 3.63) is 29.3 Å². The first-order valence-corrected chi connectivity index (χ1v) is 7.19. The number of hydrogen-bond donors (Lipinski definition) is 1. The van der Waals surface area contributed by atoms with Crippen molar-refractivity contribution in [3.8, 4) is 5.75 Å². The van der Waals surface area contributed by atoms with Gasteiger partial charge in [0.05, 0.1) is 6.61 Å². The standard InChI is InChI=1S/C16H28N2O/c1-5-19-16-7-6-15(12-13(16)2)9-11-18(4)10-8-14(3)17/h6-7,12,14H,5,8-11,17H2,1-4H3. The van der Waals surface area contributed by atoms with Crippen molar-refractivity contribution >= 4 is 0 Å². The zero-order chi connectivity index (χ0) is 14.3. The molecule has 0 spiro atoms. The molecule has 0 aliphatic carbocycles. The summed E-state index contributed by atoms with van der Waals surface area (Å²) >= 11 is 0. The summed E-state index contributed by atoms with van der Waals surface area (Å²) in [4.78, 5) is 2.34. The first kappa shape index (κ1) is 16.0. The molecule has 0 aliphatic rings. The predicted octanol–water partition coefficient (Wildman–Crippen LogP) is 2.61. The molecule has 0 aliphatic heterocycles. The van der Waals surface area contributed by atoms with Crippen LogP contribution in [0.15, 0.2) is 18.2 Å². The van der Waals surface area contributed by atoms with Crippen molar-refractivity contribution in [2.24, 2.45) is 5.73 Å². The summed E-state index contributed by atoms with van der Waals surface area (Å²) in [6.07, 6.45) is 2.13. The Bertz CT molecular complexity index is 377. The second-order valence-electron chi connectivity index (χ2n) is 5.35. The van der Waals surface area contributed by atoms with Crippen LogP contribution in [0.25, 0.3) is 0 Å². The van der Waals surface area contributed by atoms with E-state index in [-0.39, 0.29) is 6.04 Å². The summed E-state index contributed by atoms with van der Waals surface area (Å²) in [7, 11) is 2.16. The Balaban J connectivity index is 2.43. The monoisotopic (exact) mass is 264 g/mol. The molecule has 1 atom stereocenters. The van der Waals surface area contributed by atoms with Gasteiger partial charge in [-0.25, -0.2) is 0 Å². The lowest BCUT2D eigenvalue weighted by Crippen LogP contribution is -2.27. The maximum absolute atomic E-state index is 5.77. The summed E-state index contributed by atoms with van der Waals surface area (Å²) in [5.74, 6) is 0.997. The zero-order valence-corrected chi connectivity index (χ0v) is 12.8. The highest BCUT2D eigenvalue weighted by molar-refractivity contribution is 5.36. The zero-order valence-electron chi connectivity index (χ0n) is 12.8. The lowest BCUT2D eigenvalue weighted by molar-refractivity contribution is 0.324. The number of nitrogens with two attached hydrogens (primary N) is 1. The van der Waals surface area contributed by atoms with Crippen LogP contribution in [0.1, 0.15) is 31.4 Å². The molecular weight excluding hydrogens is 236 g/mol. The van der Waals surface area contributed by atoms with E-state index < -0.39 is 0 Å². The fourth-order valence-electron chi connectivity index (χ4n) is 2.04. The molecule has 1 aromatic rings. The molecule has 1 aromatic carbocycles. The van der Waals surface area contributed by atoms with Crippen LogP contribution >= 0.6 is 0 Å². The Morgan fingerprint density at radius 2 is 2.05 bits per heavy atom. The van der Waals surface area contributed by atoms with E-state index in [9.17, 15) is 0 Å². The van der Waals surface area contributed by atoms with Crippen LogP contribution in [0.2, 0.25) is 0 Å². The maximum Gasteiger partial charge on any atom is 0.122 e. The minimum atomic E-state index is 0.287. The Labute approximate surface area is 117 Å². The number of likely N-dealkylation sites (N-methyl/N-ethyl adjacent to an activating group) is 1. The van der Waals surface area contributed by atoms with Gasteiger partial charge in [-0.3, -0.25) is 0 Å². The third kappa shape index (κ3) is 6.08. The third-order valence-corrected chi connectivity index (χ3v) is 3.29. The lowest BCUT2D eigenvalue weighted by atomic mass is 10.1. The van der Waals surface area contributed by atoms with Gasteiger partial charge >= 0.3 is 0 Å². The molecule has 0 amide bonds. The molecule has 2 N–H and O–H groups in total. The number of rotatable bonds is 8. The van der Waals surface area contributed by atoms with Crippen molar-refractivity contribution in [3.63, 3.8) is 0 Å². The van der Waals surface area contributed by atoms with E-state index in [1.54, 1.807) is 0 Å². The minimum Gasteiger partial charge on any atom is -0.494 e. The van der Waals surface area contributed by atoms with Gasteiger partial charge in [-0.2, -0.15) is 0 Å². The highest BCUT2D eigenvalue weighted by Crippen LogP contribution is 2.19. The van der Waals surface area contributed by atoms with E-state index in [1.165, 1.54) is 11.1 Å². The molecule has 0 aromatic heterocycles. The summed E-state index contributed by atoms with van der Waals surface area (Å²) in [5.41, 5.74) is 8.36. The molecular formula is C16H28N2O. The summed E-state index contributed by atoms with van der Waals surface area (Å²) in [5, 5.41) is 0. The fourth-order valence-corrected chi connectivity index (χ4v) is 2.04. The van der Waals surface area contributed by atoms with Crippen molar-refractivity contribution < 1.29 is 4.74 Å². The molecule has 0 fully saturated rings. The van der Waals surface area contributed by atoms with Crippen LogP contribution in [-0.2, 0) is 6.42 Å². The number of nitrogens with zero attached hydrogens (tertiary/aromatic N) is 1. The van der Waals surface area contributed by atoms with E-state index in [4.69, 9.17) is 10.5 Å². The van der Waals surface area contributed by atoms with E-state index in [0.29, 0.717) is 0 Å². The summed E-state index contributed by atoms with van der Waals surface area (Å²) < 4.78 is 5.56. The SMILES string of the molecule is CCOc1ccc(CCN(C)CCC(C)N)cc1C. The van der Waals surface area contributed by atoms with Crippen LogP contribution < -0.4 is 10.5 Å². The Hall–Kier alpha value is -1.06. The topological polar surface area (TPSA) is 38.5 Å². The number of benzene rings is 1. The first-order chi connectivity index (χ1) is 9.02. The lowest BCUT2D eigenvalue weighted by Gasteiger charge is -2.18. The van der Waals surface area contributed by atoms with Crippen molar-refractivity contribution in [2.45, 2.75) is 39.7 Å². The van der Waals surface area contributed by atoms with Crippen LogP contribution in [0.4, 0.5) is 0 Å². The van der Waals surface area contributed by atoms with Gasteiger partial charge in [-0.15, -0.1) is 0 Å². The Morgan fingerprint density at radius 1 is 1.32 bits per heavy atom. The molecule has 0 bridgehead atoms. The van der Waals surface area contributed by atoms with E-state index >= 15 is 0 Å². The number of aryl methyl sites for hydroxylation is 1. The average Bonchev–Trinajstić information content (AvgIpc) is 2.37. The number of hydrogen-bond acceptors (Lipinski definition) is 3. The van der Waals surface area contributed by atoms with Crippen LogP contribution in [0, 0.1) is 6.92 Å². The molecule has 1 rings (SSSR count). The smallest absolute Gasteiger partial charge is 0.122 e. The molecule has 1 unspecified atom stereocenters. The van der Waals surface area contributed by atoms with Crippen LogP contribution in [0.3, 0.4) is 0 Å². The fraction of sp³-hybridized carbons (Fsp3) is 0.625. The number of ether oxygens (including phenoxy) is 1. The molecule has 0 radical (unpaired) electrons. The highest BCUT2D eigenvalue weighted by Gasteiger charge is 2.04. The van der Waals surface area contributed by atoms with Crippen molar-refractivity contribution in [2.75, 3.05) is 26.7 Å². The third-order valence-electron chi connectivity index (χ3n) is 3.29. The Morgan fingerprint density at radius 3 is 2.63 bits per heavy atom. The largest absolute Gasteiger partial charge is 0.494 e. The van der Waals surface area contributed by atoms with Gasteiger partial charge in [0.15, 0.2) is 0 Å². The second-order valence-corrected chi connectivity index (χ2v) is 5.35. The second kappa shape index (κ2) is 8.18. The van der Waals surface area contributed by atoms with Crippen LogP contribution in [0.5, 0.6) is 5.75 Å². The predicted molar refractivity (Wildman–Crippen MR) is 81.8 cm³/mol. The van der Waals surface area contributed by atoms with Gasteiger partial charge in [0, 0.05) is 12.6 Å². The van der Waals surface area contributed by atoms with Gasteiger partial charge in [0.1, 0.15) is 5.75 Å². The molecule has 0 saturated heterocycles. The minimum absolute atomic E-state index is 0.287. The molecule has 0 saturated carbocycles. The van der Waals surface area contributed by atoms with E-state index in [1.807, 2.05) is 6.92 Å². The molecule has 3 nitrogen and oxygen atoms in total. The maximum atomic E-state index is 5.77. The molecule has 19 heavy (non-hydrogen) atoms. The van der Waals surface area contributed by atoms with Crippen molar-refractivity contribution in [1.29, 1.82) is 0 Å².